The first-order chi connectivity index (χ1) is 10.4. The summed E-state index contributed by atoms with van der Waals surface area (Å²) >= 11 is 0. The predicted octanol–water partition coefficient (Wildman–Crippen LogP) is 4.46. The Hall–Kier alpha value is -2.61. The van der Waals surface area contributed by atoms with E-state index in [-0.39, 0.29) is 0 Å². The lowest BCUT2D eigenvalue weighted by Gasteiger charge is -2.19. The summed E-state index contributed by atoms with van der Waals surface area (Å²) in [4.78, 5) is 6.17. The Kier molecular flexibility index (Phi) is 4.27. The van der Waals surface area contributed by atoms with Gasteiger partial charge in [0.1, 0.15) is 0 Å². The predicted molar refractivity (Wildman–Crippen MR) is 87.8 cm³/mol. The van der Waals surface area contributed by atoms with Crippen molar-refractivity contribution in [1.82, 2.24) is 4.98 Å². The van der Waals surface area contributed by atoms with E-state index in [0.717, 1.165) is 13.0 Å². The molecule has 0 atom stereocenters. The standard InChI is InChI=1S/C14H13N.C5H5N/c1-2-7-13(8-3-1)15-11-10-12-6-4-5-9-14(12)15;1-2-4-6-5-3-1/h1-9H,10-11H2;1-5H. The van der Waals surface area contributed by atoms with Crippen molar-refractivity contribution in [3.05, 3.63) is 90.8 Å². The van der Waals surface area contributed by atoms with Gasteiger partial charge in [0.15, 0.2) is 0 Å². The largest absolute Gasteiger partial charge is 0.341 e. The van der Waals surface area contributed by atoms with Crippen LogP contribution in [0.15, 0.2) is 85.2 Å². The van der Waals surface area contributed by atoms with Crippen LogP contribution in [0.4, 0.5) is 11.4 Å². The fraction of sp³-hybridized carbons (Fsp3) is 0.105. The highest BCUT2D eigenvalue weighted by molar-refractivity contribution is 5.69. The van der Waals surface area contributed by atoms with Gasteiger partial charge in [-0.15, -0.1) is 0 Å². The minimum Gasteiger partial charge on any atom is -0.341 e. The van der Waals surface area contributed by atoms with E-state index in [1.54, 1.807) is 12.4 Å². The molecule has 2 nitrogen and oxygen atoms in total. The van der Waals surface area contributed by atoms with Gasteiger partial charge in [-0.25, -0.2) is 0 Å². The van der Waals surface area contributed by atoms with Gasteiger partial charge in [0.25, 0.3) is 0 Å². The molecule has 4 rings (SSSR count). The summed E-state index contributed by atoms with van der Waals surface area (Å²) in [5.74, 6) is 0. The minimum atomic E-state index is 1.10. The van der Waals surface area contributed by atoms with Crippen molar-refractivity contribution in [1.29, 1.82) is 0 Å². The Morgan fingerprint density at radius 2 is 1.38 bits per heavy atom. The zero-order chi connectivity index (χ0) is 14.3. The molecule has 0 radical (unpaired) electrons. The van der Waals surface area contributed by atoms with E-state index in [1.165, 1.54) is 16.9 Å². The van der Waals surface area contributed by atoms with Crippen LogP contribution in [0.1, 0.15) is 5.56 Å². The Labute approximate surface area is 125 Å². The number of nitrogens with zero attached hydrogens (tertiary/aromatic N) is 2. The van der Waals surface area contributed by atoms with Crippen molar-refractivity contribution < 1.29 is 0 Å². The van der Waals surface area contributed by atoms with E-state index in [9.17, 15) is 0 Å². The summed E-state index contributed by atoms with van der Waals surface area (Å²) < 4.78 is 0. The normalized spacial score (nSPS) is 12.3. The average Bonchev–Trinajstić information content (AvgIpc) is 3.02. The first kappa shape index (κ1) is 13.4. The monoisotopic (exact) mass is 274 g/mol. The van der Waals surface area contributed by atoms with Crippen LogP contribution in [0.2, 0.25) is 0 Å². The molecule has 21 heavy (non-hydrogen) atoms. The molecule has 0 saturated heterocycles. The summed E-state index contributed by atoms with van der Waals surface area (Å²) in [6, 6.07) is 25.0. The average molecular weight is 274 g/mol. The molecular weight excluding hydrogens is 256 g/mol. The smallest absolute Gasteiger partial charge is 0.0444 e. The molecular formula is C19H18N2. The molecule has 2 heterocycles. The van der Waals surface area contributed by atoms with Crippen LogP contribution in [0, 0.1) is 0 Å². The van der Waals surface area contributed by atoms with E-state index in [1.807, 2.05) is 18.2 Å². The molecule has 0 fully saturated rings. The lowest BCUT2D eigenvalue weighted by Crippen LogP contribution is -2.12. The second-order valence-electron chi connectivity index (χ2n) is 4.89. The lowest BCUT2D eigenvalue weighted by molar-refractivity contribution is 0.998. The molecule has 0 spiro atoms. The topological polar surface area (TPSA) is 16.1 Å². The molecule has 1 aliphatic heterocycles. The molecule has 1 aromatic heterocycles. The maximum atomic E-state index is 3.78. The quantitative estimate of drug-likeness (QED) is 0.651. The fourth-order valence-corrected chi connectivity index (χ4v) is 2.53. The first-order valence-electron chi connectivity index (χ1n) is 7.20. The van der Waals surface area contributed by atoms with Crippen LogP contribution in [0.25, 0.3) is 0 Å². The van der Waals surface area contributed by atoms with Gasteiger partial charge in [-0.2, -0.15) is 0 Å². The number of anilines is 2. The molecule has 0 amide bonds. The summed E-state index contributed by atoms with van der Waals surface area (Å²) in [5, 5.41) is 0. The second-order valence-corrected chi connectivity index (χ2v) is 4.89. The van der Waals surface area contributed by atoms with Gasteiger partial charge in [-0.05, 0) is 42.3 Å². The van der Waals surface area contributed by atoms with Crippen molar-refractivity contribution in [3.63, 3.8) is 0 Å². The minimum absolute atomic E-state index is 1.10. The number of aromatic nitrogens is 1. The van der Waals surface area contributed by atoms with E-state index >= 15 is 0 Å². The van der Waals surface area contributed by atoms with Crippen molar-refractivity contribution >= 4 is 11.4 Å². The van der Waals surface area contributed by atoms with Crippen LogP contribution < -0.4 is 4.90 Å². The van der Waals surface area contributed by atoms with Crippen molar-refractivity contribution in [3.8, 4) is 0 Å². The van der Waals surface area contributed by atoms with Gasteiger partial charge in [0.2, 0.25) is 0 Å². The maximum Gasteiger partial charge on any atom is 0.0444 e. The van der Waals surface area contributed by atoms with Crippen molar-refractivity contribution in [2.45, 2.75) is 6.42 Å². The highest BCUT2D eigenvalue weighted by Gasteiger charge is 2.18. The second kappa shape index (κ2) is 6.71. The number of para-hydroxylation sites is 2. The fourth-order valence-electron chi connectivity index (χ4n) is 2.53. The zero-order valence-electron chi connectivity index (χ0n) is 11.9. The molecule has 2 heteroatoms. The zero-order valence-corrected chi connectivity index (χ0v) is 11.9. The Bertz CT molecular complexity index is 639. The highest BCUT2D eigenvalue weighted by Crippen LogP contribution is 2.33. The molecule has 2 aromatic carbocycles. The Morgan fingerprint density at radius 1 is 0.714 bits per heavy atom. The SMILES string of the molecule is c1ccc(N2CCc3ccccc32)cc1.c1ccncc1. The Morgan fingerprint density at radius 3 is 2.05 bits per heavy atom. The molecule has 0 saturated carbocycles. The third-order valence-electron chi connectivity index (χ3n) is 3.52. The van der Waals surface area contributed by atoms with Crippen LogP contribution in [-0.4, -0.2) is 11.5 Å². The third-order valence-corrected chi connectivity index (χ3v) is 3.52. The molecule has 104 valence electrons. The van der Waals surface area contributed by atoms with Gasteiger partial charge in [0.05, 0.1) is 0 Å². The molecule has 3 aromatic rings. The van der Waals surface area contributed by atoms with Crippen molar-refractivity contribution in [2.75, 3.05) is 11.4 Å². The number of fused-ring (bicyclic) bond motifs is 1. The van der Waals surface area contributed by atoms with E-state index in [2.05, 4.69) is 64.5 Å². The van der Waals surface area contributed by atoms with Gasteiger partial charge >= 0.3 is 0 Å². The van der Waals surface area contributed by atoms with Gasteiger partial charge < -0.3 is 4.90 Å². The summed E-state index contributed by atoms with van der Waals surface area (Å²) in [6.07, 6.45) is 4.66. The molecule has 0 aliphatic carbocycles. The summed E-state index contributed by atoms with van der Waals surface area (Å²) in [6.45, 7) is 1.10. The highest BCUT2D eigenvalue weighted by atomic mass is 15.2. The van der Waals surface area contributed by atoms with Crippen LogP contribution in [-0.2, 0) is 6.42 Å². The van der Waals surface area contributed by atoms with E-state index < -0.39 is 0 Å². The van der Waals surface area contributed by atoms with E-state index in [4.69, 9.17) is 0 Å². The number of benzene rings is 2. The summed E-state index contributed by atoms with van der Waals surface area (Å²) in [7, 11) is 0. The van der Waals surface area contributed by atoms with Crippen molar-refractivity contribution in [2.24, 2.45) is 0 Å². The lowest BCUT2D eigenvalue weighted by atomic mass is 10.2. The molecule has 0 unspecified atom stereocenters. The first-order valence-corrected chi connectivity index (χ1v) is 7.20. The number of pyridine rings is 1. The summed E-state index contributed by atoms with van der Waals surface area (Å²) in [5.41, 5.74) is 4.12. The molecule has 1 aliphatic rings. The number of hydrogen-bond donors (Lipinski definition) is 0. The van der Waals surface area contributed by atoms with Gasteiger partial charge in [-0.1, -0.05) is 42.5 Å². The van der Waals surface area contributed by atoms with Gasteiger partial charge in [0, 0.05) is 30.3 Å². The maximum absolute atomic E-state index is 3.78. The molecule has 0 N–H and O–H groups in total. The number of rotatable bonds is 1. The van der Waals surface area contributed by atoms with Crippen LogP contribution >= 0.6 is 0 Å². The molecule has 0 bridgehead atoms. The Balaban J connectivity index is 0.000000186. The van der Waals surface area contributed by atoms with Gasteiger partial charge in [-0.3, -0.25) is 4.98 Å². The van der Waals surface area contributed by atoms with Crippen LogP contribution in [0.3, 0.4) is 0 Å². The number of hydrogen-bond acceptors (Lipinski definition) is 2. The van der Waals surface area contributed by atoms with E-state index in [0.29, 0.717) is 0 Å². The van der Waals surface area contributed by atoms with Crippen LogP contribution in [0.5, 0.6) is 0 Å². The third kappa shape index (κ3) is 3.29.